The van der Waals surface area contributed by atoms with E-state index in [1.165, 1.54) is 49.7 Å². The number of benzene rings is 3. The predicted octanol–water partition coefficient (Wildman–Crippen LogP) is 9.81. The molecule has 4 heteroatoms. The summed E-state index contributed by atoms with van der Waals surface area (Å²) in [5, 5.41) is 1.39. The van der Waals surface area contributed by atoms with Gasteiger partial charge in [-0.05, 0) is 0 Å². The number of hydrogen-bond donors (Lipinski definition) is 0. The molecule has 3 aromatic carbocycles. The summed E-state index contributed by atoms with van der Waals surface area (Å²) in [7, 11) is 17.1. The van der Waals surface area contributed by atoms with Gasteiger partial charge >= 0.3 is 234 Å². The van der Waals surface area contributed by atoms with Crippen molar-refractivity contribution in [2.75, 3.05) is 0 Å². The van der Waals surface area contributed by atoms with Crippen LogP contribution in [0.1, 0.15) is 94.0 Å². The third-order valence-corrected chi connectivity index (χ3v) is 56.7. The van der Waals surface area contributed by atoms with Crippen LogP contribution >= 0.6 is 17.0 Å². The van der Waals surface area contributed by atoms with Gasteiger partial charge in [-0.2, -0.15) is 0 Å². The molecule has 37 heavy (non-hydrogen) atoms. The van der Waals surface area contributed by atoms with Crippen molar-refractivity contribution in [2.24, 2.45) is 0 Å². The van der Waals surface area contributed by atoms with E-state index in [0.717, 1.165) is 0 Å². The van der Waals surface area contributed by atoms with Gasteiger partial charge in [0.1, 0.15) is 0 Å². The third-order valence-electron chi connectivity index (χ3n) is 9.10. The first-order chi connectivity index (χ1) is 17.5. The quantitative estimate of drug-likeness (QED) is 0.239. The summed E-state index contributed by atoms with van der Waals surface area (Å²) < 4.78 is 0.227. The Balaban J connectivity index is 1.82. The standard InChI is InChI=1S/2C13H15.C7H9Si.2ClH.Zr/c2*1-9(2)12-6-4-5-11-7-10(3)8-13(11)12;1-8-7-5-3-2-4-6-7;;;/h2*4-9H,1-3H3;2-6,8H,1H3;2*1H;/q;;;;;+2/p-2. The normalized spacial score (nSPS) is 20.8. The van der Waals surface area contributed by atoms with Crippen molar-refractivity contribution >= 4 is 40.3 Å². The van der Waals surface area contributed by atoms with E-state index in [4.69, 9.17) is 17.0 Å². The van der Waals surface area contributed by atoms with Gasteiger partial charge < -0.3 is 0 Å². The van der Waals surface area contributed by atoms with Crippen LogP contribution in [0.15, 0.2) is 77.9 Å². The molecule has 0 saturated carbocycles. The summed E-state index contributed by atoms with van der Waals surface area (Å²) in [6.45, 7) is 16.2. The van der Waals surface area contributed by atoms with Gasteiger partial charge in [0.05, 0.1) is 0 Å². The molecule has 0 nitrogen and oxygen atoms in total. The second kappa shape index (κ2) is 9.78. The van der Waals surface area contributed by atoms with Crippen molar-refractivity contribution in [1.82, 2.24) is 0 Å². The van der Waals surface area contributed by atoms with Gasteiger partial charge in [-0.15, -0.1) is 0 Å². The second-order valence-corrected chi connectivity index (χ2v) is 52.2. The minimum absolute atomic E-state index is 0.113. The molecular weight excluding hydrogens is 587 g/mol. The minimum atomic E-state index is -4.82. The first kappa shape index (κ1) is 27.4. The Kier molecular flexibility index (Phi) is 7.24. The maximum atomic E-state index is 8.56. The van der Waals surface area contributed by atoms with Crippen LogP contribution in [-0.2, 0) is 15.6 Å². The van der Waals surface area contributed by atoms with Gasteiger partial charge in [-0.25, -0.2) is 0 Å². The molecule has 0 aliphatic heterocycles. The van der Waals surface area contributed by atoms with Gasteiger partial charge in [-0.1, -0.05) is 0 Å². The van der Waals surface area contributed by atoms with Crippen LogP contribution < -0.4 is 5.19 Å². The van der Waals surface area contributed by atoms with Crippen LogP contribution in [0, 0.1) is 0 Å². The second-order valence-electron chi connectivity index (χ2n) is 12.0. The average Bonchev–Trinajstić information content (AvgIpc) is 3.40. The molecule has 0 fully saturated rings. The molecule has 2 aliphatic carbocycles. The van der Waals surface area contributed by atoms with Crippen molar-refractivity contribution < 1.29 is 15.6 Å². The van der Waals surface area contributed by atoms with E-state index in [0.29, 0.717) is 11.8 Å². The molecule has 0 aromatic heterocycles. The van der Waals surface area contributed by atoms with E-state index in [9.17, 15) is 0 Å². The Bertz CT molecular complexity index is 1330. The van der Waals surface area contributed by atoms with Crippen LogP contribution in [0.4, 0.5) is 0 Å². The van der Waals surface area contributed by atoms with E-state index in [2.05, 4.69) is 127 Å². The number of fused-ring (bicyclic) bond motifs is 2. The first-order valence-corrected chi connectivity index (χ1v) is 29.4. The molecule has 0 radical (unpaired) electrons. The van der Waals surface area contributed by atoms with Gasteiger partial charge in [0.15, 0.2) is 0 Å². The van der Waals surface area contributed by atoms with Gasteiger partial charge in [0.2, 0.25) is 0 Å². The van der Waals surface area contributed by atoms with Gasteiger partial charge in [0.25, 0.3) is 0 Å². The molecular formula is C33H39Cl2SiZr. The topological polar surface area (TPSA) is 0 Å². The third kappa shape index (κ3) is 4.17. The molecule has 0 heterocycles. The molecule has 2 aliphatic rings. The van der Waals surface area contributed by atoms with Crippen LogP contribution in [-0.4, -0.2) is 5.92 Å². The van der Waals surface area contributed by atoms with Gasteiger partial charge in [0, 0.05) is 0 Å². The molecule has 0 bridgehead atoms. The fourth-order valence-corrected chi connectivity index (χ4v) is 49.5. The van der Waals surface area contributed by atoms with Crippen molar-refractivity contribution in [1.29, 1.82) is 0 Å². The average molecular weight is 626 g/mol. The van der Waals surface area contributed by atoms with Crippen LogP contribution in [0.25, 0.3) is 12.2 Å². The Morgan fingerprint density at radius 3 is 1.49 bits per heavy atom. The van der Waals surface area contributed by atoms with Crippen LogP contribution in [0.5, 0.6) is 0 Å². The Hall–Kier alpha value is -1.18. The summed E-state index contributed by atoms with van der Waals surface area (Å²) in [5.41, 5.74) is 11.0. The zero-order valence-electron chi connectivity index (χ0n) is 23.1. The van der Waals surface area contributed by atoms with Crippen molar-refractivity contribution in [3.63, 3.8) is 0 Å². The Morgan fingerprint density at radius 1 is 0.649 bits per heavy atom. The van der Waals surface area contributed by atoms with E-state index in [1.54, 1.807) is 0 Å². The van der Waals surface area contributed by atoms with Gasteiger partial charge in [-0.3, -0.25) is 0 Å². The molecule has 0 amide bonds. The molecule has 3 unspecified atom stereocenters. The van der Waals surface area contributed by atoms with Crippen molar-refractivity contribution in [2.45, 2.75) is 67.2 Å². The van der Waals surface area contributed by atoms with Crippen LogP contribution in [0.2, 0.25) is 6.55 Å². The van der Waals surface area contributed by atoms with Crippen molar-refractivity contribution in [3.05, 3.63) is 111 Å². The molecule has 193 valence electrons. The summed E-state index contributed by atoms with van der Waals surface area (Å²) in [4.78, 5) is 0. The van der Waals surface area contributed by atoms with E-state index in [1.807, 2.05) is 0 Å². The monoisotopic (exact) mass is 623 g/mol. The zero-order chi connectivity index (χ0) is 26.7. The molecule has 3 atom stereocenters. The zero-order valence-corrected chi connectivity index (χ0v) is 28.3. The first-order valence-electron chi connectivity index (χ1n) is 13.7. The van der Waals surface area contributed by atoms with E-state index >= 15 is 0 Å². The summed E-state index contributed by atoms with van der Waals surface area (Å²) >= 11 is -4.82. The molecule has 0 N–H and O–H groups in total. The van der Waals surface area contributed by atoms with E-state index < -0.39 is 21.5 Å². The molecule has 0 saturated heterocycles. The predicted molar refractivity (Wildman–Crippen MR) is 165 cm³/mol. The summed E-state index contributed by atoms with van der Waals surface area (Å²) in [6.07, 6.45) is 4.83. The SMILES string of the molecule is CC1=Cc2c(C(C)C)cccc2[CH]1[Zr]([Cl])([Cl])([CH]1C(C)=Cc2c(C(C)C)cccc21)[SiH](C)c1ccccc1. The Labute approximate surface area is 232 Å². The molecule has 3 aromatic rings. The number of halogens is 2. The summed E-state index contributed by atoms with van der Waals surface area (Å²) in [5.74, 6) is -0.920. The Morgan fingerprint density at radius 2 is 1.08 bits per heavy atom. The number of allylic oxidation sites excluding steroid dienone is 2. The maximum absolute atomic E-state index is 8.56. The molecule has 5 rings (SSSR count). The number of rotatable bonds is 6. The fraction of sp³-hybridized carbons (Fsp3) is 0.333. The van der Waals surface area contributed by atoms with E-state index in [-0.39, 0.29) is 7.25 Å². The number of hydrogen-bond acceptors (Lipinski definition) is 0. The fourth-order valence-electron chi connectivity index (χ4n) is 7.35. The molecule has 0 spiro atoms. The van der Waals surface area contributed by atoms with Crippen molar-refractivity contribution in [3.8, 4) is 0 Å². The summed E-state index contributed by atoms with van der Waals surface area (Å²) in [6, 6.07) is 24.7. The van der Waals surface area contributed by atoms with Crippen LogP contribution in [0.3, 0.4) is 0 Å².